The number of nitrogens with zero attached hydrogens (tertiary/aromatic N) is 1. The molecule has 1 aliphatic heterocycles. The zero-order valence-corrected chi connectivity index (χ0v) is 20.3. The summed E-state index contributed by atoms with van der Waals surface area (Å²) in [5.74, 6) is 0.847. The second-order valence-electron chi connectivity index (χ2n) is 8.47. The van der Waals surface area contributed by atoms with Crippen molar-refractivity contribution < 1.29 is 19.0 Å². The molecule has 184 valence electrons. The van der Waals surface area contributed by atoms with Gasteiger partial charge in [0, 0.05) is 25.3 Å². The molecule has 0 aliphatic carbocycles. The van der Waals surface area contributed by atoms with E-state index in [1.165, 1.54) is 0 Å². The molecule has 8 heteroatoms. The van der Waals surface area contributed by atoms with Crippen molar-refractivity contribution in [1.82, 2.24) is 15.2 Å². The van der Waals surface area contributed by atoms with E-state index in [2.05, 4.69) is 15.2 Å². The van der Waals surface area contributed by atoms with E-state index in [0.29, 0.717) is 37.0 Å². The minimum absolute atomic E-state index is 0.0782. The Hall–Kier alpha value is -3.62. The molecule has 2 aromatic carbocycles. The molecule has 2 heterocycles. The van der Waals surface area contributed by atoms with Gasteiger partial charge in [-0.3, -0.25) is 14.5 Å². The third kappa shape index (κ3) is 5.72. The molecule has 1 fully saturated rings. The normalized spacial score (nSPS) is 14.8. The van der Waals surface area contributed by atoms with Crippen LogP contribution < -0.4 is 20.3 Å². The zero-order valence-electron chi connectivity index (χ0n) is 20.3. The third-order valence-electron chi connectivity index (χ3n) is 6.22. The van der Waals surface area contributed by atoms with Gasteiger partial charge in [0.25, 0.3) is 11.5 Å². The maximum absolute atomic E-state index is 13.0. The number of pyridine rings is 1. The Morgan fingerprint density at radius 1 is 1.06 bits per heavy atom. The van der Waals surface area contributed by atoms with Gasteiger partial charge in [0.1, 0.15) is 5.56 Å². The lowest BCUT2D eigenvalue weighted by atomic mass is 10.0. The van der Waals surface area contributed by atoms with Crippen LogP contribution in [0.3, 0.4) is 0 Å². The highest BCUT2D eigenvalue weighted by Crippen LogP contribution is 2.32. The lowest BCUT2D eigenvalue weighted by Gasteiger charge is -2.35. The first-order valence-corrected chi connectivity index (χ1v) is 11.6. The maximum atomic E-state index is 13.0. The number of methoxy groups -OCH3 is 2. The van der Waals surface area contributed by atoms with Crippen LogP contribution in [0, 0.1) is 6.92 Å². The van der Waals surface area contributed by atoms with E-state index in [0.717, 1.165) is 29.8 Å². The second kappa shape index (κ2) is 11.2. The molecule has 1 saturated heterocycles. The van der Waals surface area contributed by atoms with Crippen molar-refractivity contribution in [3.8, 4) is 22.8 Å². The summed E-state index contributed by atoms with van der Waals surface area (Å²) in [5, 5.41) is 2.96. The smallest absolute Gasteiger partial charge is 0.261 e. The van der Waals surface area contributed by atoms with Crippen LogP contribution in [0.5, 0.6) is 11.5 Å². The van der Waals surface area contributed by atoms with Gasteiger partial charge in [0.05, 0.1) is 33.5 Å². The fraction of sp³-hybridized carbons (Fsp3) is 0.333. The van der Waals surface area contributed by atoms with Crippen molar-refractivity contribution in [1.29, 1.82) is 0 Å². The van der Waals surface area contributed by atoms with Crippen molar-refractivity contribution in [3.05, 3.63) is 81.6 Å². The molecule has 1 atom stereocenters. The van der Waals surface area contributed by atoms with Gasteiger partial charge < -0.3 is 24.5 Å². The van der Waals surface area contributed by atoms with Crippen LogP contribution in [0.15, 0.2) is 59.4 Å². The topological polar surface area (TPSA) is 92.9 Å². The molecular formula is C27H31N3O5. The van der Waals surface area contributed by atoms with E-state index in [-0.39, 0.29) is 11.6 Å². The van der Waals surface area contributed by atoms with Crippen molar-refractivity contribution in [2.75, 3.05) is 47.1 Å². The van der Waals surface area contributed by atoms with Crippen molar-refractivity contribution in [2.24, 2.45) is 0 Å². The largest absolute Gasteiger partial charge is 0.493 e. The molecule has 2 N–H and O–H groups in total. The summed E-state index contributed by atoms with van der Waals surface area (Å²) in [6.45, 7) is 5.04. The molecular weight excluding hydrogens is 446 g/mol. The highest BCUT2D eigenvalue weighted by molar-refractivity contribution is 5.94. The number of amides is 1. The summed E-state index contributed by atoms with van der Waals surface area (Å²) in [7, 11) is 3.19. The van der Waals surface area contributed by atoms with Crippen LogP contribution in [0.2, 0.25) is 0 Å². The number of nitrogens with one attached hydrogen (secondary N) is 2. The van der Waals surface area contributed by atoms with E-state index in [1.807, 2.05) is 49.4 Å². The summed E-state index contributed by atoms with van der Waals surface area (Å²) in [4.78, 5) is 30.8. The summed E-state index contributed by atoms with van der Waals surface area (Å²) >= 11 is 0. The standard InChI is InChI=1S/C27H31N3O5/c1-18-5-4-6-19(15-18)22-9-8-21(27(32)29-22)26(31)28-17-23(30-11-13-35-14-12-30)20-7-10-24(33-2)25(16-20)34-3/h4-10,15-16,23H,11-14,17H2,1-3H3,(H,28,31)(H,29,32). The third-order valence-corrected chi connectivity index (χ3v) is 6.22. The Kier molecular flexibility index (Phi) is 7.84. The first kappa shape index (κ1) is 24.5. The Bertz CT molecular complexity index is 1230. The minimum atomic E-state index is -0.421. The van der Waals surface area contributed by atoms with Crippen LogP contribution in [-0.2, 0) is 4.74 Å². The number of aromatic nitrogens is 1. The van der Waals surface area contributed by atoms with Gasteiger partial charge in [-0.1, -0.05) is 29.8 Å². The molecule has 1 amide bonds. The van der Waals surface area contributed by atoms with Crippen LogP contribution in [0.25, 0.3) is 11.3 Å². The summed E-state index contributed by atoms with van der Waals surface area (Å²) < 4.78 is 16.4. The van der Waals surface area contributed by atoms with Crippen molar-refractivity contribution in [3.63, 3.8) is 0 Å². The number of ether oxygens (including phenoxy) is 3. The summed E-state index contributed by atoms with van der Waals surface area (Å²) in [6, 6.07) is 16.8. The van der Waals surface area contributed by atoms with Gasteiger partial charge in [-0.2, -0.15) is 0 Å². The fourth-order valence-corrected chi connectivity index (χ4v) is 4.33. The predicted octanol–water partition coefficient (Wildman–Crippen LogP) is 3.17. The zero-order chi connectivity index (χ0) is 24.8. The molecule has 8 nitrogen and oxygen atoms in total. The predicted molar refractivity (Wildman–Crippen MR) is 134 cm³/mol. The Morgan fingerprint density at radius 3 is 2.51 bits per heavy atom. The van der Waals surface area contributed by atoms with Gasteiger partial charge in [-0.25, -0.2) is 0 Å². The van der Waals surface area contributed by atoms with Crippen LogP contribution >= 0.6 is 0 Å². The van der Waals surface area contributed by atoms with Gasteiger partial charge in [-0.15, -0.1) is 0 Å². The van der Waals surface area contributed by atoms with Gasteiger partial charge in [-0.05, 0) is 48.4 Å². The van der Waals surface area contributed by atoms with Crippen LogP contribution in [-0.4, -0.2) is 62.9 Å². The average molecular weight is 478 g/mol. The molecule has 1 unspecified atom stereocenters. The number of benzene rings is 2. The molecule has 0 spiro atoms. The number of aromatic amines is 1. The highest BCUT2D eigenvalue weighted by Gasteiger charge is 2.25. The number of rotatable bonds is 8. The maximum Gasteiger partial charge on any atom is 0.261 e. The van der Waals surface area contributed by atoms with Crippen LogP contribution in [0.4, 0.5) is 0 Å². The summed E-state index contributed by atoms with van der Waals surface area (Å²) in [6.07, 6.45) is 0. The van der Waals surface area contributed by atoms with E-state index < -0.39 is 11.5 Å². The Labute approximate surface area is 204 Å². The number of hydrogen-bond donors (Lipinski definition) is 2. The Balaban J connectivity index is 1.53. The average Bonchev–Trinajstić information content (AvgIpc) is 2.89. The van der Waals surface area contributed by atoms with E-state index in [1.54, 1.807) is 26.4 Å². The quantitative estimate of drug-likeness (QED) is 0.518. The molecule has 0 bridgehead atoms. The summed E-state index contributed by atoms with van der Waals surface area (Å²) in [5.41, 5.74) is 3.30. The SMILES string of the molecule is COc1ccc(C(CNC(=O)c2ccc(-c3cccc(C)c3)[nH]c2=O)N2CCOCC2)cc1OC. The Morgan fingerprint density at radius 2 is 1.83 bits per heavy atom. The number of H-pyrrole nitrogens is 1. The van der Waals surface area contributed by atoms with Gasteiger partial charge in [0.2, 0.25) is 0 Å². The monoisotopic (exact) mass is 477 g/mol. The molecule has 3 aromatic rings. The molecule has 0 radical (unpaired) electrons. The van der Waals surface area contributed by atoms with E-state index >= 15 is 0 Å². The molecule has 0 saturated carbocycles. The van der Waals surface area contributed by atoms with Gasteiger partial charge in [0.15, 0.2) is 11.5 Å². The van der Waals surface area contributed by atoms with Crippen molar-refractivity contribution in [2.45, 2.75) is 13.0 Å². The molecule has 4 rings (SSSR count). The number of carbonyl (C=O) groups excluding carboxylic acids is 1. The van der Waals surface area contributed by atoms with Gasteiger partial charge >= 0.3 is 0 Å². The lowest BCUT2D eigenvalue weighted by Crippen LogP contribution is -2.44. The van der Waals surface area contributed by atoms with Crippen molar-refractivity contribution >= 4 is 5.91 Å². The molecule has 1 aromatic heterocycles. The lowest BCUT2D eigenvalue weighted by molar-refractivity contribution is 0.0162. The number of aryl methyl sites for hydroxylation is 1. The number of hydrogen-bond acceptors (Lipinski definition) is 6. The van der Waals surface area contributed by atoms with E-state index in [4.69, 9.17) is 14.2 Å². The van der Waals surface area contributed by atoms with E-state index in [9.17, 15) is 9.59 Å². The highest BCUT2D eigenvalue weighted by atomic mass is 16.5. The fourth-order valence-electron chi connectivity index (χ4n) is 4.33. The second-order valence-corrected chi connectivity index (χ2v) is 8.47. The number of morpholine rings is 1. The first-order valence-electron chi connectivity index (χ1n) is 11.6. The van der Waals surface area contributed by atoms with Crippen LogP contribution in [0.1, 0.15) is 27.5 Å². The first-order chi connectivity index (χ1) is 17.0. The molecule has 1 aliphatic rings. The number of carbonyl (C=O) groups is 1. The molecule has 35 heavy (non-hydrogen) atoms. The minimum Gasteiger partial charge on any atom is -0.493 e.